The van der Waals surface area contributed by atoms with Crippen molar-refractivity contribution in [2.45, 2.75) is 31.7 Å². The van der Waals surface area contributed by atoms with Gasteiger partial charge in [0.2, 0.25) is 0 Å². The summed E-state index contributed by atoms with van der Waals surface area (Å²) in [4.78, 5) is 17.8. The minimum absolute atomic E-state index is 0.165. The van der Waals surface area contributed by atoms with Gasteiger partial charge in [0.1, 0.15) is 17.1 Å². The maximum atomic E-state index is 13.2. The first kappa shape index (κ1) is 20.1. The molecule has 1 aliphatic rings. The van der Waals surface area contributed by atoms with Gasteiger partial charge in [-0.15, -0.1) is 0 Å². The number of nitrogens with zero attached hydrogens (tertiary/aromatic N) is 1. The zero-order chi connectivity index (χ0) is 19.9. The number of hydrogen-bond donors (Lipinski definition) is 2. The fourth-order valence-electron chi connectivity index (χ4n) is 4.04. The second kappa shape index (κ2) is 9.55. The van der Waals surface area contributed by atoms with Crippen LogP contribution >= 0.6 is 0 Å². The van der Waals surface area contributed by atoms with Crippen LogP contribution < -0.4 is 20.5 Å². The molecular formula is C22H29N3O3. The average molecular weight is 383 g/mol. The van der Waals surface area contributed by atoms with Crippen LogP contribution in [0.5, 0.6) is 11.5 Å². The zero-order valence-electron chi connectivity index (χ0n) is 16.6. The number of benzene rings is 1. The second-order valence-electron chi connectivity index (χ2n) is 7.26. The van der Waals surface area contributed by atoms with Crippen molar-refractivity contribution in [3.05, 3.63) is 53.9 Å². The fourth-order valence-corrected chi connectivity index (χ4v) is 4.04. The third kappa shape index (κ3) is 4.44. The Bertz CT molecular complexity index is 752. The van der Waals surface area contributed by atoms with Crippen LogP contribution in [0.3, 0.4) is 0 Å². The molecule has 0 saturated heterocycles. The van der Waals surface area contributed by atoms with Crippen LogP contribution in [0.1, 0.15) is 47.8 Å². The van der Waals surface area contributed by atoms with E-state index in [0.29, 0.717) is 28.9 Å². The van der Waals surface area contributed by atoms with Gasteiger partial charge < -0.3 is 20.5 Å². The summed E-state index contributed by atoms with van der Waals surface area (Å²) >= 11 is 0. The standard InChI is InChI=1S/C22H29N3O3/c1-27-18-7-5-8-19(28-2)20(18)22(26)25-21(17-6-3-4-13-24-17)16-11-9-15(14-23)10-12-16/h3-8,13,15-16,21H,9-12,14,23H2,1-2H3,(H,25,26)/t15?,16?,21-/m0/s1. The molecule has 1 aromatic carbocycles. The maximum absolute atomic E-state index is 13.2. The quantitative estimate of drug-likeness (QED) is 0.766. The van der Waals surface area contributed by atoms with E-state index in [4.69, 9.17) is 15.2 Å². The monoisotopic (exact) mass is 383 g/mol. The fraction of sp³-hybridized carbons (Fsp3) is 0.455. The van der Waals surface area contributed by atoms with Crippen molar-refractivity contribution in [3.8, 4) is 11.5 Å². The van der Waals surface area contributed by atoms with Gasteiger partial charge in [-0.3, -0.25) is 9.78 Å². The van der Waals surface area contributed by atoms with Crippen LogP contribution in [0.15, 0.2) is 42.6 Å². The number of amides is 1. The Labute approximate surface area is 166 Å². The molecule has 1 fully saturated rings. The van der Waals surface area contributed by atoms with Crippen molar-refractivity contribution in [1.29, 1.82) is 0 Å². The number of pyridine rings is 1. The predicted molar refractivity (Wildman–Crippen MR) is 108 cm³/mol. The van der Waals surface area contributed by atoms with Gasteiger partial charge in [-0.2, -0.15) is 0 Å². The molecule has 3 N–H and O–H groups in total. The van der Waals surface area contributed by atoms with E-state index in [9.17, 15) is 4.79 Å². The highest BCUT2D eigenvalue weighted by molar-refractivity contribution is 6.00. The van der Waals surface area contributed by atoms with Gasteiger partial charge in [0.15, 0.2) is 0 Å². The topological polar surface area (TPSA) is 86.5 Å². The van der Waals surface area contributed by atoms with Gasteiger partial charge in [-0.25, -0.2) is 0 Å². The van der Waals surface area contributed by atoms with Crippen LogP contribution in [-0.2, 0) is 0 Å². The molecule has 0 unspecified atom stereocenters. The van der Waals surface area contributed by atoms with Crippen LogP contribution in [0.25, 0.3) is 0 Å². The van der Waals surface area contributed by atoms with Crippen LogP contribution in [-0.4, -0.2) is 31.7 Å². The molecule has 0 bridgehead atoms. The van der Waals surface area contributed by atoms with Crippen molar-refractivity contribution in [1.82, 2.24) is 10.3 Å². The summed E-state index contributed by atoms with van der Waals surface area (Å²) < 4.78 is 10.8. The molecule has 3 rings (SSSR count). The highest BCUT2D eigenvalue weighted by atomic mass is 16.5. The number of hydrogen-bond acceptors (Lipinski definition) is 5. The molecule has 2 aromatic rings. The number of aromatic nitrogens is 1. The van der Waals surface area contributed by atoms with E-state index in [-0.39, 0.29) is 11.9 Å². The van der Waals surface area contributed by atoms with E-state index in [2.05, 4.69) is 10.3 Å². The molecule has 28 heavy (non-hydrogen) atoms. The summed E-state index contributed by atoms with van der Waals surface area (Å²) in [6.45, 7) is 0.728. The summed E-state index contributed by atoms with van der Waals surface area (Å²) in [7, 11) is 3.10. The highest BCUT2D eigenvalue weighted by Gasteiger charge is 2.31. The average Bonchev–Trinajstić information content (AvgIpc) is 2.77. The van der Waals surface area contributed by atoms with Crippen molar-refractivity contribution in [3.63, 3.8) is 0 Å². The lowest BCUT2D eigenvalue weighted by Crippen LogP contribution is -2.36. The summed E-state index contributed by atoms with van der Waals surface area (Å²) in [5.41, 5.74) is 7.13. The van der Waals surface area contributed by atoms with Crippen LogP contribution in [0.4, 0.5) is 0 Å². The van der Waals surface area contributed by atoms with E-state index in [1.807, 2.05) is 18.2 Å². The van der Waals surface area contributed by atoms with E-state index in [1.165, 1.54) is 0 Å². The third-order valence-electron chi connectivity index (χ3n) is 5.64. The molecule has 1 saturated carbocycles. The lowest BCUT2D eigenvalue weighted by atomic mass is 9.77. The summed E-state index contributed by atoms with van der Waals surface area (Å²) in [5.74, 6) is 1.66. The predicted octanol–water partition coefficient (Wildman–Crippen LogP) is 3.34. The molecule has 1 heterocycles. The normalized spacial score (nSPS) is 20.2. The van der Waals surface area contributed by atoms with E-state index < -0.39 is 0 Å². The van der Waals surface area contributed by atoms with E-state index >= 15 is 0 Å². The number of carbonyl (C=O) groups excluding carboxylic acids is 1. The van der Waals surface area contributed by atoms with E-state index in [1.54, 1.807) is 38.6 Å². The molecule has 6 nitrogen and oxygen atoms in total. The lowest BCUT2D eigenvalue weighted by molar-refractivity contribution is 0.0899. The molecule has 1 amide bonds. The molecule has 1 atom stereocenters. The largest absolute Gasteiger partial charge is 0.496 e. The van der Waals surface area contributed by atoms with Crippen LogP contribution in [0, 0.1) is 11.8 Å². The zero-order valence-corrected chi connectivity index (χ0v) is 16.6. The number of rotatable bonds is 7. The van der Waals surface area contributed by atoms with Gasteiger partial charge in [0, 0.05) is 6.20 Å². The molecular weight excluding hydrogens is 354 g/mol. The number of carbonyl (C=O) groups is 1. The summed E-state index contributed by atoms with van der Waals surface area (Å²) in [5, 5.41) is 3.21. The minimum atomic E-state index is -0.217. The smallest absolute Gasteiger partial charge is 0.259 e. The number of ether oxygens (including phenoxy) is 2. The molecule has 0 spiro atoms. The Hall–Kier alpha value is -2.60. The first-order valence-electron chi connectivity index (χ1n) is 9.80. The Morgan fingerprint density at radius 2 is 1.79 bits per heavy atom. The second-order valence-corrected chi connectivity index (χ2v) is 7.26. The Morgan fingerprint density at radius 3 is 2.32 bits per heavy atom. The first-order chi connectivity index (χ1) is 13.7. The van der Waals surface area contributed by atoms with Crippen molar-refractivity contribution < 1.29 is 14.3 Å². The Kier molecular flexibility index (Phi) is 6.87. The van der Waals surface area contributed by atoms with Crippen LogP contribution in [0.2, 0.25) is 0 Å². The summed E-state index contributed by atoms with van der Waals surface area (Å²) in [6, 6.07) is 11.0. The van der Waals surface area contributed by atoms with Gasteiger partial charge in [0.05, 0.1) is 26.0 Å². The Balaban J connectivity index is 1.87. The van der Waals surface area contributed by atoms with Gasteiger partial charge >= 0.3 is 0 Å². The van der Waals surface area contributed by atoms with Crippen molar-refractivity contribution in [2.24, 2.45) is 17.6 Å². The van der Waals surface area contributed by atoms with E-state index in [0.717, 1.165) is 37.9 Å². The number of nitrogens with two attached hydrogens (primary N) is 1. The Morgan fingerprint density at radius 1 is 1.11 bits per heavy atom. The molecule has 0 radical (unpaired) electrons. The third-order valence-corrected chi connectivity index (χ3v) is 5.64. The maximum Gasteiger partial charge on any atom is 0.259 e. The van der Waals surface area contributed by atoms with Gasteiger partial charge in [-0.1, -0.05) is 12.1 Å². The first-order valence-corrected chi connectivity index (χ1v) is 9.80. The number of nitrogens with one attached hydrogen (secondary N) is 1. The molecule has 1 aromatic heterocycles. The molecule has 1 aliphatic carbocycles. The molecule has 150 valence electrons. The van der Waals surface area contributed by atoms with Gasteiger partial charge in [-0.05, 0) is 68.3 Å². The highest BCUT2D eigenvalue weighted by Crippen LogP contribution is 2.37. The minimum Gasteiger partial charge on any atom is -0.496 e. The SMILES string of the molecule is COc1cccc(OC)c1C(=O)N[C@H](c1ccccn1)C1CCC(CN)CC1. The molecule has 0 aliphatic heterocycles. The summed E-state index contributed by atoms with van der Waals surface area (Å²) in [6.07, 6.45) is 5.97. The lowest BCUT2D eigenvalue weighted by Gasteiger charge is -2.34. The number of methoxy groups -OCH3 is 2. The van der Waals surface area contributed by atoms with Crippen molar-refractivity contribution >= 4 is 5.91 Å². The molecule has 6 heteroatoms. The van der Waals surface area contributed by atoms with Gasteiger partial charge in [0.25, 0.3) is 5.91 Å². The van der Waals surface area contributed by atoms with Crippen molar-refractivity contribution in [2.75, 3.05) is 20.8 Å².